The summed E-state index contributed by atoms with van der Waals surface area (Å²) in [5.41, 5.74) is 6.57. The molecule has 0 saturated carbocycles. The van der Waals surface area contributed by atoms with Crippen molar-refractivity contribution in [1.82, 2.24) is 9.97 Å². The van der Waals surface area contributed by atoms with Gasteiger partial charge in [-0.3, -0.25) is 9.97 Å². The number of aromatic nitrogens is 2. The van der Waals surface area contributed by atoms with Crippen LogP contribution in [0.5, 0.6) is 0 Å². The quantitative estimate of drug-likeness (QED) is 0.282. The van der Waals surface area contributed by atoms with Crippen LogP contribution in [0.15, 0.2) is 96.2 Å². The van der Waals surface area contributed by atoms with Crippen molar-refractivity contribution in [3.8, 4) is 45.9 Å². The van der Waals surface area contributed by atoms with E-state index in [1.54, 1.807) is 47.5 Å². The van der Waals surface area contributed by atoms with Crippen molar-refractivity contribution in [2.75, 3.05) is 0 Å². The molecule has 5 aromatic rings. The molecule has 0 unspecified atom stereocenters. The van der Waals surface area contributed by atoms with Crippen molar-refractivity contribution in [2.24, 2.45) is 0 Å². The van der Waals surface area contributed by atoms with E-state index in [0.717, 1.165) is 43.1 Å². The van der Waals surface area contributed by atoms with Crippen LogP contribution in [-0.4, -0.2) is 9.97 Å². The van der Waals surface area contributed by atoms with E-state index < -0.39 is 0 Å². The molecule has 0 saturated heterocycles. The molecule has 0 amide bonds. The molecule has 5 rings (SSSR count). The minimum atomic E-state index is 0.965. The summed E-state index contributed by atoms with van der Waals surface area (Å²) in [7, 11) is 0. The fourth-order valence-electron chi connectivity index (χ4n) is 3.22. The molecule has 32 heavy (non-hydrogen) atoms. The van der Waals surface area contributed by atoms with E-state index in [0.29, 0.717) is 0 Å². The minimum Gasteiger partial charge on any atom is -0.265 e. The molecule has 1 aromatic carbocycles. The number of hydrogen-bond acceptors (Lipinski definition) is 4. The molecule has 4 heterocycles. The van der Waals surface area contributed by atoms with Gasteiger partial charge in [0, 0.05) is 47.0 Å². The van der Waals surface area contributed by atoms with Gasteiger partial charge in [0.2, 0.25) is 0 Å². The van der Waals surface area contributed by atoms with E-state index in [9.17, 15) is 0 Å². The van der Waals surface area contributed by atoms with Gasteiger partial charge in [-0.2, -0.15) is 0 Å². The van der Waals surface area contributed by atoms with Crippen LogP contribution in [0.25, 0.3) is 22.3 Å². The van der Waals surface area contributed by atoms with Crippen LogP contribution in [0.1, 0.15) is 20.9 Å². The summed E-state index contributed by atoms with van der Waals surface area (Å²) < 4.78 is 0. The number of benzene rings is 1. The zero-order chi connectivity index (χ0) is 21.6. The Morgan fingerprint density at radius 2 is 0.875 bits per heavy atom. The maximum atomic E-state index is 4.04. The van der Waals surface area contributed by atoms with Gasteiger partial charge >= 0.3 is 0 Å². The van der Waals surface area contributed by atoms with Gasteiger partial charge in [0.15, 0.2) is 0 Å². The standard InChI is InChI=1S/C28H16N2S2/c1(21-9-15-29-16-10-21)7-27-25(13-19-31-27)23-3-5-24(6-4-23)26-14-20-32-28(26)8-2-22-11-17-30-18-12-22/h3-6,9-20H. The molecule has 2 nitrogen and oxygen atoms in total. The molecule has 0 atom stereocenters. The number of nitrogens with zero attached hydrogens (tertiary/aromatic N) is 2. The first-order chi connectivity index (χ1) is 15.9. The highest BCUT2D eigenvalue weighted by molar-refractivity contribution is 7.11. The summed E-state index contributed by atoms with van der Waals surface area (Å²) in [5, 5.41) is 4.18. The summed E-state index contributed by atoms with van der Waals surface area (Å²) in [6, 6.07) is 20.6. The van der Waals surface area contributed by atoms with E-state index in [-0.39, 0.29) is 0 Å². The van der Waals surface area contributed by atoms with Gasteiger partial charge in [0.05, 0.1) is 9.75 Å². The van der Waals surface area contributed by atoms with Gasteiger partial charge in [0.25, 0.3) is 0 Å². The van der Waals surface area contributed by atoms with E-state index in [4.69, 9.17) is 0 Å². The van der Waals surface area contributed by atoms with Crippen LogP contribution in [0, 0.1) is 23.7 Å². The molecule has 0 aliphatic carbocycles. The average Bonchev–Trinajstić information content (AvgIpc) is 3.52. The van der Waals surface area contributed by atoms with Crippen LogP contribution in [-0.2, 0) is 0 Å². The molecule has 0 aliphatic heterocycles. The summed E-state index contributed by atoms with van der Waals surface area (Å²) in [5.74, 6) is 13.1. The first kappa shape index (κ1) is 20.0. The third-order valence-corrected chi connectivity index (χ3v) is 6.50. The maximum Gasteiger partial charge on any atom is 0.0850 e. The third-order valence-electron chi connectivity index (χ3n) is 4.84. The van der Waals surface area contributed by atoms with Crippen LogP contribution in [0.3, 0.4) is 0 Å². The van der Waals surface area contributed by atoms with Gasteiger partial charge in [-0.25, -0.2) is 0 Å². The molecule has 0 aliphatic rings. The summed E-state index contributed by atoms with van der Waals surface area (Å²) in [6.07, 6.45) is 7.05. The Balaban J connectivity index is 1.41. The van der Waals surface area contributed by atoms with Gasteiger partial charge in [0.1, 0.15) is 0 Å². The predicted molar refractivity (Wildman–Crippen MR) is 134 cm³/mol. The van der Waals surface area contributed by atoms with Crippen molar-refractivity contribution in [2.45, 2.75) is 0 Å². The number of hydrogen-bond donors (Lipinski definition) is 0. The second-order valence-corrected chi connectivity index (χ2v) is 8.71. The molecule has 0 spiro atoms. The van der Waals surface area contributed by atoms with E-state index in [1.165, 1.54) is 0 Å². The Bertz CT molecular complexity index is 1340. The van der Waals surface area contributed by atoms with Crippen LogP contribution < -0.4 is 0 Å². The second kappa shape index (κ2) is 9.45. The molecule has 0 N–H and O–H groups in total. The second-order valence-electron chi connectivity index (χ2n) is 6.88. The Kier molecular flexibility index (Phi) is 5.90. The SMILES string of the molecule is C(#Cc1sccc1-c1ccc(-c2ccsc2C#Cc2ccncc2)cc1)c1ccncc1. The number of thiophene rings is 2. The highest BCUT2D eigenvalue weighted by Crippen LogP contribution is 2.32. The first-order valence-electron chi connectivity index (χ1n) is 9.97. The van der Waals surface area contributed by atoms with Crippen molar-refractivity contribution in [1.29, 1.82) is 0 Å². The van der Waals surface area contributed by atoms with Gasteiger partial charge in [-0.1, -0.05) is 47.9 Å². The Morgan fingerprint density at radius 3 is 1.28 bits per heavy atom. The molecule has 0 fully saturated rings. The van der Waals surface area contributed by atoms with Crippen LogP contribution in [0.4, 0.5) is 0 Å². The summed E-state index contributed by atoms with van der Waals surface area (Å²) in [4.78, 5) is 10.2. The first-order valence-corrected chi connectivity index (χ1v) is 11.7. The predicted octanol–water partition coefficient (Wildman–Crippen LogP) is 6.73. The zero-order valence-corrected chi connectivity index (χ0v) is 18.6. The Hall–Kier alpha value is -3.96. The molecule has 0 radical (unpaired) electrons. The number of pyridine rings is 2. The van der Waals surface area contributed by atoms with Crippen LogP contribution in [0.2, 0.25) is 0 Å². The summed E-state index contributed by atoms with van der Waals surface area (Å²) in [6.45, 7) is 0. The smallest absolute Gasteiger partial charge is 0.0850 e. The Morgan fingerprint density at radius 1 is 0.469 bits per heavy atom. The van der Waals surface area contributed by atoms with E-state index in [2.05, 4.69) is 80.8 Å². The van der Waals surface area contributed by atoms with E-state index >= 15 is 0 Å². The lowest BCUT2D eigenvalue weighted by molar-refractivity contribution is 1.32. The van der Waals surface area contributed by atoms with E-state index in [1.807, 2.05) is 24.3 Å². The van der Waals surface area contributed by atoms with Gasteiger partial charge in [-0.15, -0.1) is 22.7 Å². The van der Waals surface area contributed by atoms with Crippen LogP contribution >= 0.6 is 22.7 Å². The topological polar surface area (TPSA) is 25.8 Å². The largest absolute Gasteiger partial charge is 0.265 e. The normalized spacial score (nSPS) is 10.0. The fourth-order valence-corrected chi connectivity index (χ4v) is 4.75. The molecular formula is C28H16N2S2. The highest BCUT2D eigenvalue weighted by atomic mass is 32.1. The number of rotatable bonds is 2. The van der Waals surface area contributed by atoms with Crippen molar-refractivity contribution in [3.63, 3.8) is 0 Å². The zero-order valence-electron chi connectivity index (χ0n) is 16.9. The van der Waals surface area contributed by atoms with Gasteiger partial charge < -0.3 is 0 Å². The van der Waals surface area contributed by atoms with Crippen molar-refractivity contribution >= 4 is 22.7 Å². The lowest BCUT2D eigenvalue weighted by Crippen LogP contribution is -1.82. The fraction of sp³-hybridized carbons (Fsp3) is 0. The minimum absolute atomic E-state index is 0.965. The molecule has 4 heteroatoms. The molecule has 150 valence electrons. The third kappa shape index (κ3) is 4.53. The van der Waals surface area contributed by atoms with Crippen molar-refractivity contribution in [3.05, 3.63) is 117 Å². The molecular weight excluding hydrogens is 428 g/mol. The molecule has 4 aromatic heterocycles. The Labute approximate surface area is 195 Å². The highest BCUT2D eigenvalue weighted by Gasteiger charge is 2.08. The molecule has 0 bridgehead atoms. The monoisotopic (exact) mass is 444 g/mol. The van der Waals surface area contributed by atoms with Gasteiger partial charge in [-0.05, 0) is 58.3 Å². The summed E-state index contributed by atoms with van der Waals surface area (Å²) >= 11 is 3.32. The lowest BCUT2D eigenvalue weighted by atomic mass is 10.0. The average molecular weight is 445 g/mol. The lowest BCUT2D eigenvalue weighted by Gasteiger charge is -2.04. The maximum absolute atomic E-state index is 4.04. The van der Waals surface area contributed by atoms with Crippen molar-refractivity contribution < 1.29 is 0 Å².